The Morgan fingerprint density at radius 2 is 2.12 bits per heavy atom. The van der Waals surface area contributed by atoms with E-state index in [9.17, 15) is 9.59 Å². The molecule has 0 radical (unpaired) electrons. The summed E-state index contributed by atoms with van der Waals surface area (Å²) in [4.78, 5) is 27.8. The van der Waals surface area contributed by atoms with Crippen LogP contribution in [-0.2, 0) is 9.53 Å². The van der Waals surface area contributed by atoms with Crippen LogP contribution in [0, 0.1) is 13.8 Å². The third-order valence-electron chi connectivity index (χ3n) is 3.24. The van der Waals surface area contributed by atoms with Crippen molar-refractivity contribution in [2.75, 3.05) is 23.8 Å². The van der Waals surface area contributed by atoms with Gasteiger partial charge in [-0.3, -0.25) is 4.79 Å². The van der Waals surface area contributed by atoms with Crippen molar-refractivity contribution >= 4 is 34.0 Å². The van der Waals surface area contributed by atoms with Gasteiger partial charge in [0.2, 0.25) is 0 Å². The van der Waals surface area contributed by atoms with Gasteiger partial charge in [0.15, 0.2) is 17.4 Å². The van der Waals surface area contributed by atoms with E-state index in [1.807, 2.05) is 26.0 Å². The molecule has 0 aliphatic rings. The van der Waals surface area contributed by atoms with Crippen LogP contribution in [-0.4, -0.2) is 30.0 Å². The van der Waals surface area contributed by atoms with Gasteiger partial charge in [-0.2, -0.15) is 0 Å². The summed E-state index contributed by atoms with van der Waals surface area (Å²) in [5.41, 5.74) is 3.06. The molecule has 0 bridgehead atoms. The first kappa shape index (κ1) is 17.7. The van der Waals surface area contributed by atoms with Gasteiger partial charge in [0.1, 0.15) is 0 Å². The number of amides is 1. The van der Waals surface area contributed by atoms with Gasteiger partial charge in [0.25, 0.3) is 5.91 Å². The van der Waals surface area contributed by atoms with E-state index < -0.39 is 11.9 Å². The molecule has 2 rings (SSSR count). The number of aryl methyl sites for hydroxylation is 2. The standard InChI is InChI=1S/C17H19N3O3S/c1-4-7-18-17-20-14(10-24-17)16(22)23-9-15(21)19-13-6-5-11(2)12(3)8-13/h4-6,8,10H,1,7,9H2,2-3H3,(H,18,20)(H,19,21). The molecule has 1 amide bonds. The summed E-state index contributed by atoms with van der Waals surface area (Å²) in [5.74, 6) is -1.03. The molecule has 0 saturated carbocycles. The lowest BCUT2D eigenvalue weighted by Gasteiger charge is -2.08. The molecule has 2 N–H and O–H groups in total. The Hall–Kier alpha value is -2.67. The minimum absolute atomic E-state index is 0.172. The number of carbonyl (C=O) groups excluding carboxylic acids is 2. The Morgan fingerprint density at radius 3 is 2.83 bits per heavy atom. The van der Waals surface area contributed by atoms with E-state index in [0.717, 1.165) is 11.1 Å². The lowest BCUT2D eigenvalue weighted by molar-refractivity contribution is -0.119. The zero-order chi connectivity index (χ0) is 17.5. The molecule has 1 heterocycles. The fraction of sp³-hybridized carbons (Fsp3) is 0.235. The maximum absolute atomic E-state index is 11.9. The Morgan fingerprint density at radius 1 is 1.33 bits per heavy atom. The topological polar surface area (TPSA) is 80.3 Å². The van der Waals surface area contributed by atoms with Crippen molar-refractivity contribution in [2.24, 2.45) is 0 Å². The van der Waals surface area contributed by atoms with Crippen LogP contribution in [0.2, 0.25) is 0 Å². The van der Waals surface area contributed by atoms with Crippen molar-refractivity contribution in [1.29, 1.82) is 0 Å². The van der Waals surface area contributed by atoms with E-state index in [0.29, 0.717) is 17.4 Å². The molecule has 0 unspecified atom stereocenters. The van der Waals surface area contributed by atoms with Crippen molar-refractivity contribution in [2.45, 2.75) is 13.8 Å². The van der Waals surface area contributed by atoms with Gasteiger partial charge in [0, 0.05) is 17.6 Å². The number of aromatic nitrogens is 1. The van der Waals surface area contributed by atoms with Crippen molar-refractivity contribution < 1.29 is 14.3 Å². The van der Waals surface area contributed by atoms with E-state index in [1.54, 1.807) is 17.5 Å². The molecule has 0 saturated heterocycles. The van der Waals surface area contributed by atoms with Crippen molar-refractivity contribution in [1.82, 2.24) is 4.98 Å². The number of hydrogen-bond donors (Lipinski definition) is 2. The molecule has 126 valence electrons. The van der Waals surface area contributed by atoms with Gasteiger partial charge in [0.05, 0.1) is 0 Å². The Bertz CT molecular complexity index is 755. The second kappa shape index (κ2) is 8.26. The van der Waals surface area contributed by atoms with Crippen LogP contribution in [0.5, 0.6) is 0 Å². The average Bonchev–Trinajstić information content (AvgIpc) is 3.03. The SMILES string of the molecule is C=CCNc1nc(C(=O)OCC(=O)Nc2ccc(C)c(C)c2)cs1. The normalized spacial score (nSPS) is 10.1. The predicted octanol–water partition coefficient (Wildman–Crippen LogP) is 3.15. The first-order valence-corrected chi connectivity index (χ1v) is 8.22. The molecule has 7 heteroatoms. The molecule has 0 spiro atoms. The lowest BCUT2D eigenvalue weighted by Crippen LogP contribution is -2.21. The summed E-state index contributed by atoms with van der Waals surface area (Å²) >= 11 is 1.29. The molecule has 2 aromatic rings. The zero-order valence-corrected chi connectivity index (χ0v) is 14.4. The number of thiazole rings is 1. The highest BCUT2D eigenvalue weighted by molar-refractivity contribution is 7.13. The van der Waals surface area contributed by atoms with E-state index in [-0.39, 0.29) is 12.3 Å². The first-order valence-electron chi connectivity index (χ1n) is 7.34. The van der Waals surface area contributed by atoms with Gasteiger partial charge >= 0.3 is 5.97 Å². The molecule has 1 aromatic heterocycles. The average molecular weight is 345 g/mol. The summed E-state index contributed by atoms with van der Waals surface area (Å²) in [6.07, 6.45) is 1.69. The molecule has 0 aliphatic carbocycles. The highest BCUT2D eigenvalue weighted by Gasteiger charge is 2.14. The highest BCUT2D eigenvalue weighted by atomic mass is 32.1. The predicted molar refractivity (Wildman–Crippen MR) is 95.6 cm³/mol. The van der Waals surface area contributed by atoms with Gasteiger partial charge in [-0.1, -0.05) is 12.1 Å². The number of ether oxygens (including phenoxy) is 1. The van der Waals surface area contributed by atoms with Crippen LogP contribution in [0.25, 0.3) is 0 Å². The molecule has 24 heavy (non-hydrogen) atoms. The molecule has 1 aromatic carbocycles. The van der Waals surface area contributed by atoms with Crippen LogP contribution in [0.15, 0.2) is 36.2 Å². The monoisotopic (exact) mass is 345 g/mol. The molecule has 0 aliphatic heterocycles. The zero-order valence-electron chi connectivity index (χ0n) is 13.6. The van der Waals surface area contributed by atoms with Crippen LogP contribution < -0.4 is 10.6 Å². The minimum Gasteiger partial charge on any atom is -0.451 e. The van der Waals surface area contributed by atoms with Gasteiger partial charge in [-0.15, -0.1) is 17.9 Å². The summed E-state index contributed by atoms with van der Waals surface area (Å²) < 4.78 is 4.98. The lowest BCUT2D eigenvalue weighted by atomic mass is 10.1. The number of hydrogen-bond acceptors (Lipinski definition) is 6. The van der Waals surface area contributed by atoms with Crippen molar-refractivity contribution in [3.63, 3.8) is 0 Å². The third-order valence-corrected chi connectivity index (χ3v) is 4.04. The number of anilines is 2. The number of carbonyl (C=O) groups is 2. The summed E-state index contributed by atoms with van der Waals surface area (Å²) in [6.45, 7) is 7.74. The molecular formula is C17H19N3O3S. The van der Waals surface area contributed by atoms with E-state index in [4.69, 9.17) is 4.74 Å². The van der Waals surface area contributed by atoms with Gasteiger partial charge in [-0.05, 0) is 37.1 Å². The quantitative estimate of drug-likeness (QED) is 0.595. The first-order chi connectivity index (χ1) is 11.5. The van der Waals surface area contributed by atoms with Crippen molar-refractivity contribution in [3.05, 3.63) is 53.1 Å². The fourth-order valence-corrected chi connectivity index (χ4v) is 2.52. The summed E-state index contributed by atoms with van der Waals surface area (Å²) in [6, 6.07) is 5.59. The summed E-state index contributed by atoms with van der Waals surface area (Å²) in [7, 11) is 0. The molecule has 6 nitrogen and oxygen atoms in total. The highest BCUT2D eigenvalue weighted by Crippen LogP contribution is 2.16. The maximum Gasteiger partial charge on any atom is 0.358 e. The van der Waals surface area contributed by atoms with Crippen LogP contribution in [0.1, 0.15) is 21.6 Å². The minimum atomic E-state index is -0.631. The maximum atomic E-state index is 11.9. The second-order valence-electron chi connectivity index (χ2n) is 5.13. The second-order valence-corrected chi connectivity index (χ2v) is 5.99. The number of esters is 1. The fourth-order valence-electron chi connectivity index (χ4n) is 1.83. The number of rotatable bonds is 7. The Balaban J connectivity index is 1.84. The summed E-state index contributed by atoms with van der Waals surface area (Å²) in [5, 5.41) is 7.85. The van der Waals surface area contributed by atoms with Crippen LogP contribution in [0.3, 0.4) is 0 Å². The van der Waals surface area contributed by atoms with Crippen molar-refractivity contribution in [3.8, 4) is 0 Å². The number of nitrogens with zero attached hydrogens (tertiary/aromatic N) is 1. The van der Waals surface area contributed by atoms with E-state index in [2.05, 4.69) is 22.2 Å². The Kier molecular flexibility index (Phi) is 6.08. The van der Waals surface area contributed by atoms with E-state index >= 15 is 0 Å². The largest absolute Gasteiger partial charge is 0.451 e. The smallest absolute Gasteiger partial charge is 0.358 e. The molecular weight excluding hydrogens is 326 g/mol. The molecule has 0 atom stereocenters. The van der Waals surface area contributed by atoms with Crippen LogP contribution in [0.4, 0.5) is 10.8 Å². The number of benzene rings is 1. The van der Waals surface area contributed by atoms with Crippen LogP contribution >= 0.6 is 11.3 Å². The number of nitrogens with one attached hydrogen (secondary N) is 2. The molecule has 0 fully saturated rings. The van der Waals surface area contributed by atoms with Gasteiger partial charge in [-0.25, -0.2) is 9.78 Å². The van der Waals surface area contributed by atoms with Gasteiger partial charge < -0.3 is 15.4 Å². The van der Waals surface area contributed by atoms with E-state index in [1.165, 1.54) is 11.3 Å². The Labute approximate surface area is 144 Å². The third kappa shape index (κ3) is 4.92.